The first-order chi connectivity index (χ1) is 8.31. The zero-order valence-corrected chi connectivity index (χ0v) is 12.6. The topological polar surface area (TPSA) is 58.2 Å². The fourth-order valence-corrected chi connectivity index (χ4v) is 2.26. The van der Waals surface area contributed by atoms with E-state index >= 15 is 0 Å². The van der Waals surface area contributed by atoms with E-state index in [1.54, 1.807) is 0 Å². The number of halogens is 2. The molecule has 1 atom stereocenters. The average molecular weight is 334 g/mol. The van der Waals surface area contributed by atoms with Gasteiger partial charge in [-0.25, -0.2) is 4.79 Å². The van der Waals surface area contributed by atoms with E-state index in [1.165, 1.54) is 6.92 Å². The SMILES string of the molecule is Cc1cc(C)c(NC(=O)NC(=O)C(C)Cl)c(Br)c1. The Hall–Kier alpha value is -1.07. The van der Waals surface area contributed by atoms with Gasteiger partial charge in [0.1, 0.15) is 5.38 Å². The van der Waals surface area contributed by atoms with Crippen molar-refractivity contribution >= 4 is 45.2 Å². The highest BCUT2D eigenvalue weighted by Gasteiger charge is 2.14. The van der Waals surface area contributed by atoms with Crippen LogP contribution in [0.2, 0.25) is 0 Å². The summed E-state index contributed by atoms with van der Waals surface area (Å²) in [6.07, 6.45) is 0. The highest BCUT2D eigenvalue weighted by atomic mass is 79.9. The molecule has 1 unspecified atom stereocenters. The Balaban J connectivity index is 2.80. The van der Waals surface area contributed by atoms with Crippen molar-refractivity contribution < 1.29 is 9.59 Å². The van der Waals surface area contributed by atoms with Gasteiger partial charge < -0.3 is 5.32 Å². The third kappa shape index (κ3) is 3.99. The molecule has 98 valence electrons. The summed E-state index contributed by atoms with van der Waals surface area (Å²) in [6, 6.07) is 3.22. The number of benzene rings is 1. The quantitative estimate of drug-likeness (QED) is 0.816. The van der Waals surface area contributed by atoms with E-state index in [1.807, 2.05) is 26.0 Å². The molecular weight excluding hydrogens is 320 g/mol. The number of imide groups is 1. The van der Waals surface area contributed by atoms with Crippen molar-refractivity contribution in [1.82, 2.24) is 5.32 Å². The molecule has 0 bridgehead atoms. The Morgan fingerprint density at radius 3 is 2.44 bits per heavy atom. The molecule has 1 aromatic rings. The molecule has 18 heavy (non-hydrogen) atoms. The van der Waals surface area contributed by atoms with Gasteiger partial charge in [-0.15, -0.1) is 11.6 Å². The predicted molar refractivity (Wildman–Crippen MR) is 76.1 cm³/mol. The predicted octanol–water partition coefficient (Wildman–Crippen LogP) is 3.34. The molecule has 0 heterocycles. The molecule has 0 spiro atoms. The summed E-state index contributed by atoms with van der Waals surface area (Å²) in [7, 11) is 0. The van der Waals surface area contributed by atoms with Crippen LogP contribution in [-0.4, -0.2) is 17.3 Å². The molecule has 4 nitrogen and oxygen atoms in total. The maximum absolute atomic E-state index is 11.6. The number of aryl methyl sites for hydroxylation is 2. The van der Waals surface area contributed by atoms with Crippen LogP contribution in [0, 0.1) is 13.8 Å². The molecule has 0 aliphatic rings. The van der Waals surface area contributed by atoms with Gasteiger partial charge in [-0.1, -0.05) is 6.07 Å². The highest BCUT2D eigenvalue weighted by molar-refractivity contribution is 9.10. The van der Waals surface area contributed by atoms with Gasteiger partial charge in [0.15, 0.2) is 0 Å². The van der Waals surface area contributed by atoms with E-state index in [0.29, 0.717) is 5.69 Å². The van der Waals surface area contributed by atoms with Crippen molar-refractivity contribution in [1.29, 1.82) is 0 Å². The smallest absolute Gasteiger partial charge is 0.306 e. The summed E-state index contributed by atoms with van der Waals surface area (Å²) in [5.74, 6) is -0.532. The third-order valence-corrected chi connectivity index (χ3v) is 3.09. The lowest BCUT2D eigenvalue weighted by atomic mass is 10.1. The molecule has 0 saturated heterocycles. The van der Waals surface area contributed by atoms with Gasteiger partial charge in [-0.3, -0.25) is 10.1 Å². The molecule has 2 N–H and O–H groups in total. The van der Waals surface area contributed by atoms with Crippen LogP contribution in [0.4, 0.5) is 10.5 Å². The lowest BCUT2D eigenvalue weighted by Crippen LogP contribution is -2.38. The number of hydrogen-bond acceptors (Lipinski definition) is 2. The Labute approximate surface area is 119 Å². The average Bonchev–Trinajstić information content (AvgIpc) is 2.23. The van der Waals surface area contributed by atoms with E-state index in [-0.39, 0.29) is 0 Å². The maximum Gasteiger partial charge on any atom is 0.325 e. The van der Waals surface area contributed by atoms with Gasteiger partial charge in [0, 0.05) is 4.47 Å². The summed E-state index contributed by atoms with van der Waals surface area (Å²) >= 11 is 8.93. The lowest BCUT2D eigenvalue weighted by molar-refractivity contribution is -0.119. The van der Waals surface area contributed by atoms with Crippen LogP contribution in [0.1, 0.15) is 18.1 Å². The van der Waals surface area contributed by atoms with Gasteiger partial charge in [0.25, 0.3) is 0 Å². The highest BCUT2D eigenvalue weighted by Crippen LogP contribution is 2.27. The number of nitrogens with one attached hydrogen (secondary N) is 2. The first-order valence-corrected chi connectivity index (χ1v) is 6.57. The monoisotopic (exact) mass is 332 g/mol. The second-order valence-corrected chi connectivity index (χ2v) is 5.51. The van der Waals surface area contributed by atoms with Crippen LogP contribution < -0.4 is 10.6 Å². The third-order valence-electron chi connectivity index (χ3n) is 2.27. The zero-order chi connectivity index (χ0) is 13.9. The van der Waals surface area contributed by atoms with Gasteiger partial charge in [0.05, 0.1) is 5.69 Å². The first-order valence-electron chi connectivity index (χ1n) is 5.34. The summed E-state index contributed by atoms with van der Waals surface area (Å²) in [5, 5.41) is 4.02. The molecule has 3 amide bonds. The first kappa shape index (κ1) is 15.0. The summed E-state index contributed by atoms with van der Waals surface area (Å²) in [6.45, 7) is 5.33. The van der Waals surface area contributed by atoms with E-state index in [9.17, 15) is 9.59 Å². The molecule has 0 aliphatic carbocycles. The minimum absolute atomic E-state index is 0.532. The van der Waals surface area contributed by atoms with Crippen LogP contribution >= 0.6 is 27.5 Å². The van der Waals surface area contributed by atoms with Gasteiger partial charge in [-0.05, 0) is 53.9 Å². The van der Waals surface area contributed by atoms with Gasteiger partial charge >= 0.3 is 6.03 Å². The zero-order valence-electron chi connectivity index (χ0n) is 10.3. The van der Waals surface area contributed by atoms with E-state index in [0.717, 1.165) is 15.6 Å². The summed E-state index contributed by atoms with van der Waals surface area (Å²) < 4.78 is 0.765. The second-order valence-electron chi connectivity index (χ2n) is 4.00. The number of amides is 3. The van der Waals surface area contributed by atoms with Crippen molar-refractivity contribution in [2.24, 2.45) is 0 Å². The molecule has 1 aromatic carbocycles. The molecule has 0 aromatic heterocycles. The Morgan fingerprint density at radius 1 is 1.33 bits per heavy atom. The molecule has 6 heteroatoms. The van der Waals surface area contributed by atoms with Crippen LogP contribution in [0.25, 0.3) is 0 Å². The minimum atomic E-state index is -0.752. The molecule has 1 rings (SSSR count). The van der Waals surface area contributed by atoms with Crippen molar-refractivity contribution in [2.45, 2.75) is 26.1 Å². The summed E-state index contributed by atoms with van der Waals surface area (Å²) in [5.41, 5.74) is 2.62. The van der Waals surface area contributed by atoms with E-state index < -0.39 is 17.3 Å². The van der Waals surface area contributed by atoms with Crippen LogP contribution in [0.5, 0.6) is 0 Å². The Bertz CT molecular complexity index is 466. The van der Waals surface area contributed by atoms with Gasteiger partial charge in [-0.2, -0.15) is 0 Å². The number of hydrogen-bond donors (Lipinski definition) is 2. The fourth-order valence-electron chi connectivity index (χ4n) is 1.43. The Morgan fingerprint density at radius 2 is 1.94 bits per heavy atom. The normalized spacial score (nSPS) is 11.8. The van der Waals surface area contributed by atoms with E-state index in [4.69, 9.17) is 11.6 Å². The van der Waals surface area contributed by atoms with Gasteiger partial charge in [0.2, 0.25) is 5.91 Å². The second kappa shape index (κ2) is 6.20. The Kier molecular flexibility index (Phi) is 5.16. The van der Waals surface area contributed by atoms with Crippen molar-refractivity contribution in [3.05, 3.63) is 27.7 Å². The maximum atomic E-state index is 11.6. The summed E-state index contributed by atoms with van der Waals surface area (Å²) in [4.78, 5) is 22.8. The fraction of sp³-hybridized carbons (Fsp3) is 0.333. The lowest BCUT2D eigenvalue weighted by Gasteiger charge is -2.12. The standard InChI is InChI=1S/C12H14BrClN2O2/c1-6-4-7(2)10(9(13)5-6)15-12(18)16-11(17)8(3)14/h4-5,8H,1-3H3,(H2,15,16,17,18). The van der Waals surface area contributed by atoms with Crippen molar-refractivity contribution in [3.8, 4) is 0 Å². The van der Waals surface area contributed by atoms with Crippen LogP contribution in [0.3, 0.4) is 0 Å². The molecule has 0 saturated carbocycles. The number of rotatable bonds is 2. The minimum Gasteiger partial charge on any atom is -0.306 e. The molecule has 0 aliphatic heterocycles. The van der Waals surface area contributed by atoms with Crippen molar-refractivity contribution in [2.75, 3.05) is 5.32 Å². The number of carbonyl (C=O) groups is 2. The van der Waals surface area contributed by atoms with E-state index in [2.05, 4.69) is 26.6 Å². The molecule has 0 radical (unpaired) electrons. The number of carbonyl (C=O) groups excluding carboxylic acids is 2. The molecular formula is C12H14BrClN2O2. The number of alkyl halides is 1. The van der Waals surface area contributed by atoms with Crippen molar-refractivity contribution in [3.63, 3.8) is 0 Å². The van der Waals surface area contributed by atoms with Crippen LogP contribution in [-0.2, 0) is 4.79 Å². The number of anilines is 1. The van der Waals surface area contributed by atoms with Crippen LogP contribution in [0.15, 0.2) is 16.6 Å². The number of urea groups is 1. The largest absolute Gasteiger partial charge is 0.325 e. The molecule has 0 fully saturated rings.